The molecular weight excluding hydrogens is 599 g/mol. The summed E-state index contributed by atoms with van der Waals surface area (Å²) in [7, 11) is 11.0. The van der Waals surface area contributed by atoms with Gasteiger partial charge >= 0.3 is 37.9 Å². The van der Waals surface area contributed by atoms with Gasteiger partial charge in [-0.15, -0.1) is 40.1 Å². The fraction of sp³-hybridized carbons (Fsp3) is 0.206. The van der Waals surface area contributed by atoms with Gasteiger partial charge in [0, 0.05) is 9.52 Å². The normalized spacial score (nSPS) is 10.5. The van der Waals surface area contributed by atoms with Gasteiger partial charge in [-0.25, -0.2) is 0 Å². The van der Waals surface area contributed by atoms with Crippen LogP contribution in [0.5, 0.6) is 0 Å². The molecule has 0 spiro atoms. The van der Waals surface area contributed by atoms with Crippen molar-refractivity contribution in [3.8, 4) is 22.3 Å². The zero-order chi connectivity index (χ0) is 27.5. The van der Waals surface area contributed by atoms with Crippen molar-refractivity contribution < 1.29 is 20.8 Å². The molecule has 0 fully saturated rings. The number of hydrogen-bond donors (Lipinski definition) is 0. The Bertz CT molecular complexity index is 1410. The molecule has 0 unspecified atom stereocenters. The predicted molar refractivity (Wildman–Crippen MR) is 167 cm³/mol. The van der Waals surface area contributed by atoms with Gasteiger partial charge in [0.15, 0.2) is 0 Å². The molecular formula is C34H34Cl2SiZr. The third-order valence-corrected chi connectivity index (χ3v) is 6.51. The van der Waals surface area contributed by atoms with Crippen LogP contribution in [0.25, 0.3) is 33.0 Å². The number of halogens is 2. The molecule has 38 heavy (non-hydrogen) atoms. The molecule has 0 N–H and O–H groups in total. The molecule has 1 aliphatic carbocycles. The first-order chi connectivity index (χ1) is 18.5. The van der Waals surface area contributed by atoms with E-state index in [9.17, 15) is 0 Å². The van der Waals surface area contributed by atoms with Crippen LogP contribution in [0.3, 0.4) is 0 Å². The molecule has 2 radical (unpaired) electrons. The SMILES string of the molecule is CCc1cc2c(-c3ccc(C)cc3C)cccc2[cH-]1.C[Si]C.[Cl][Zr+2][Cl].[c-]1cccc2c1Cc1ccccc1-2. The second-order valence-electron chi connectivity index (χ2n) is 9.31. The maximum atomic E-state index is 4.93. The van der Waals surface area contributed by atoms with Gasteiger partial charge in [-0.3, -0.25) is 0 Å². The first kappa shape index (κ1) is 30.7. The zero-order valence-electron chi connectivity index (χ0n) is 22.8. The average Bonchev–Trinajstić information content (AvgIpc) is 3.51. The summed E-state index contributed by atoms with van der Waals surface area (Å²) in [6.07, 6.45) is 2.15. The summed E-state index contributed by atoms with van der Waals surface area (Å²) in [5.41, 5.74) is 12.3. The van der Waals surface area contributed by atoms with E-state index in [1.807, 2.05) is 6.07 Å². The number of benzene rings is 4. The summed E-state index contributed by atoms with van der Waals surface area (Å²) < 4.78 is 0. The van der Waals surface area contributed by atoms with Crippen LogP contribution in [-0.2, 0) is 33.7 Å². The molecule has 192 valence electrons. The molecule has 5 aromatic carbocycles. The van der Waals surface area contributed by atoms with Gasteiger partial charge in [0.05, 0.1) is 0 Å². The van der Waals surface area contributed by atoms with Crippen LogP contribution in [0.2, 0.25) is 13.1 Å². The monoisotopic (exact) mass is 630 g/mol. The van der Waals surface area contributed by atoms with Gasteiger partial charge in [-0.2, -0.15) is 35.9 Å². The van der Waals surface area contributed by atoms with E-state index in [1.54, 1.807) is 0 Å². The second kappa shape index (κ2) is 15.7. The summed E-state index contributed by atoms with van der Waals surface area (Å²) >= 11 is -0.826. The fourth-order valence-corrected chi connectivity index (χ4v) is 4.85. The zero-order valence-corrected chi connectivity index (χ0v) is 27.8. The topological polar surface area (TPSA) is 0 Å². The largest absolute Gasteiger partial charge is 0.179 e. The molecule has 0 aliphatic heterocycles. The van der Waals surface area contributed by atoms with E-state index >= 15 is 0 Å². The number of fused-ring (bicyclic) bond motifs is 4. The van der Waals surface area contributed by atoms with Crippen molar-refractivity contribution in [2.45, 2.75) is 46.7 Å². The summed E-state index contributed by atoms with van der Waals surface area (Å²) in [5.74, 6) is 0. The fourth-order valence-electron chi connectivity index (χ4n) is 4.85. The third-order valence-electron chi connectivity index (χ3n) is 6.51. The van der Waals surface area contributed by atoms with E-state index in [-0.39, 0.29) is 0 Å². The molecule has 0 aromatic heterocycles. The van der Waals surface area contributed by atoms with Gasteiger partial charge in [0.2, 0.25) is 0 Å². The van der Waals surface area contributed by atoms with E-state index < -0.39 is 20.8 Å². The predicted octanol–water partition coefficient (Wildman–Crippen LogP) is 10.6. The van der Waals surface area contributed by atoms with Crippen LogP contribution in [0.15, 0.2) is 91.0 Å². The first-order valence-electron chi connectivity index (χ1n) is 12.9. The summed E-state index contributed by atoms with van der Waals surface area (Å²) in [6.45, 7) is 10.9. The molecule has 0 bridgehead atoms. The molecule has 0 saturated carbocycles. The van der Waals surface area contributed by atoms with E-state index in [0.717, 1.165) is 22.4 Å². The standard InChI is InChI=1S/C19H19.C13H9.C2H6Si.2ClH.Zr/c1-4-15-11-16-6-5-7-18(19(16)12-15)17-9-8-13(2)10-14(17)3;1-3-7-12-10(5-1)9-11-6-2-4-8-13(11)12;1-3-2;;;/h5-12H,4H2,1-3H3;1-5,7-8H,9H2;1-2H3;2*1H;/q2*-1;;;;+4/p-2. The van der Waals surface area contributed by atoms with Crippen molar-refractivity contribution in [1.82, 2.24) is 0 Å². The molecule has 0 amide bonds. The Morgan fingerprint density at radius 2 is 1.53 bits per heavy atom. The Balaban J connectivity index is 0.000000182. The van der Waals surface area contributed by atoms with Gasteiger partial charge in [-0.05, 0) is 37.8 Å². The van der Waals surface area contributed by atoms with Gasteiger partial charge in [0.25, 0.3) is 0 Å². The van der Waals surface area contributed by atoms with Crippen LogP contribution in [0.4, 0.5) is 0 Å². The maximum absolute atomic E-state index is 4.93. The van der Waals surface area contributed by atoms with E-state index in [4.69, 9.17) is 17.0 Å². The van der Waals surface area contributed by atoms with Gasteiger partial charge in [0.1, 0.15) is 0 Å². The Kier molecular flexibility index (Phi) is 12.7. The Morgan fingerprint density at radius 1 is 0.842 bits per heavy atom. The molecule has 0 atom stereocenters. The van der Waals surface area contributed by atoms with E-state index in [2.05, 4.69) is 125 Å². The van der Waals surface area contributed by atoms with Crippen LogP contribution in [0.1, 0.15) is 34.7 Å². The van der Waals surface area contributed by atoms with Crippen molar-refractivity contribution in [3.63, 3.8) is 0 Å². The Labute approximate surface area is 250 Å². The van der Waals surface area contributed by atoms with Gasteiger partial charge < -0.3 is 0 Å². The summed E-state index contributed by atoms with van der Waals surface area (Å²) in [6, 6.07) is 36.1. The van der Waals surface area contributed by atoms with Crippen molar-refractivity contribution in [1.29, 1.82) is 0 Å². The van der Waals surface area contributed by atoms with Crippen molar-refractivity contribution in [3.05, 3.63) is 125 Å². The number of aryl methyl sites for hydroxylation is 3. The van der Waals surface area contributed by atoms with Crippen LogP contribution in [0, 0.1) is 19.9 Å². The molecule has 0 heterocycles. The van der Waals surface area contributed by atoms with Crippen LogP contribution in [-0.4, -0.2) is 9.52 Å². The number of rotatable bonds is 2. The quantitative estimate of drug-likeness (QED) is 0.132. The first-order valence-corrected chi connectivity index (χ1v) is 21.2. The summed E-state index contributed by atoms with van der Waals surface area (Å²) in [5, 5.41) is 2.74. The van der Waals surface area contributed by atoms with Crippen molar-refractivity contribution in [2.24, 2.45) is 0 Å². The minimum absolute atomic E-state index is 0.826. The van der Waals surface area contributed by atoms with Gasteiger partial charge in [-0.1, -0.05) is 90.8 Å². The smallest absolute Gasteiger partial charge is 0.0253 e. The van der Waals surface area contributed by atoms with Crippen LogP contribution >= 0.6 is 17.0 Å². The van der Waals surface area contributed by atoms with Crippen molar-refractivity contribution in [2.75, 3.05) is 0 Å². The van der Waals surface area contributed by atoms with E-state index in [1.165, 1.54) is 60.8 Å². The Hall–Kier alpha value is -1.83. The molecule has 0 saturated heterocycles. The minimum atomic E-state index is -0.826. The minimum Gasteiger partial charge on any atom is -0.179 e. The molecule has 4 heteroatoms. The van der Waals surface area contributed by atoms with E-state index in [0.29, 0.717) is 0 Å². The van der Waals surface area contributed by atoms with Crippen LogP contribution < -0.4 is 0 Å². The summed E-state index contributed by atoms with van der Waals surface area (Å²) in [4.78, 5) is 0. The average molecular weight is 633 g/mol. The second-order valence-corrected chi connectivity index (χ2v) is 14.0. The molecule has 1 aliphatic rings. The maximum Gasteiger partial charge on any atom is -0.0253 e. The third kappa shape index (κ3) is 7.86. The number of hydrogen-bond acceptors (Lipinski definition) is 0. The molecule has 5 aromatic rings. The Morgan fingerprint density at radius 3 is 2.24 bits per heavy atom. The van der Waals surface area contributed by atoms with Crippen molar-refractivity contribution >= 4 is 37.3 Å². The molecule has 6 rings (SSSR count). The molecule has 0 nitrogen and oxygen atoms in total.